The first-order valence-corrected chi connectivity index (χ1v) is 6.68. The second kappa shape index (κ2) is 5.83. The molecule has 0 bridgehead atoms. The van der Waals surface area contributed by atoms with E-state index in [2.05, 4.69) is 55.1 Å². The van der Waals surface area contributed by atoms with Gasteiger partial charge in [-0.05, 0) is 33.0 Å². The number of nitrogens with zero attached hydrogens (tertiary/aromatic N) is 2. The highest BCUT2D eigenvalue weighted by molar-refractivity contribution is 5.22. The van der Waals surface area contributed by atoms with Crippen LogP contribution in [0.5, 0.6) is 0 Å². The first-order chi connectivity index (χ1) is 8.56. The highest BCUT2D eigenvalue weighted by atomic mass is 16.3. The standard InChI is InChI=1S/C15H24N2O/c1-12-4-6-13(7-5-12)10-15(18)14-11-16(2)8-9-17(14)3/h4-7,14-15,18H,8-11H2,1-3H3. The van der Waals surface area contributed by atoms with E-state index in [4.69, 9.17) is 0 Å². The van der Waals surface area contributed by atoms with Crippen LogP contribution in [-0.2, 0) is 6.42 Å². The molecule has 1 saturated heterocycles. The summed E-state index contributed by atoms with van der Waals surface area (Å²) < 4.78 is 0. The Hall–Kier alpha value is -0.900. The zero-order chi connectivity index (χ0) is 13.1. The predicted octanol–water partition coefficient (Wildman–Crippen LogP) is 1.14. The maximum Gasteiger partial charge on any atom is 0.0747 e. The van der Waals surface area contributed by atoms with Gasteiger partial charge in [-0.25, -0.2) is 0 Å². The van der Waals surface area contributed by atoms with Gasteiger partial charge in [-0.2, -0.15) is 0 Å². The van der Waals surface area contributed by atoms with E-state index in [1.165, 1.54) is 11.1 Å². The Morgan fingerprint density at radius 1 is 1.22 bits per heavy atom. The third-order valence-electron chi connectivity index (χ3n) is 3.91. The number of aliphatic hydroxyl groups is 1. The molecule has 1 N–H and O–H groups in total. The van der Waals surface area contributed by atoms with Crippen molar-refractivity contribution in [3.05, 3.63) is 35.4 Å². The van der Waals surface area contributed by atoms with E-state index < -0.39 is 0 Å². The van der Waals surface area contributed by atoms with Gasteiger partial charge in [-0.3, -0.25) is 4.90 Å². The Morgan fingerprint density at radius 3 is 2.56 bits per heavy atom. The summed E-state index contributed by atoms with van der Waals surface area (Å²) in [6, 6.07) is 8.69. The zero-order valence-corrected chi connectivity index (χ0v) is 11.6. The van der Waals surface area contributed by atoms with E-state index in [1.54, 1.807) is 0 Å². The van der Waals surface area contributed by atoms with Crippen molar-refractivity contribution in [3.8, 4) is 0 Å². The molecule has 1 aliphatic heterocycles. The van der Waals surface area contributed by atoms with Gasteiger partial charge in [0.05, 0.1) is 6.10 Å². The molecule has 0 radical (unpaired) electrons. The molecular formula is C15H24N2O. The van der Waals surface area contributed by atoms with E-state index >= 15 is 0 Å². The van der Waals surface area contributed by atoms with Gasteiger partial charge >= 0.3 is 0 Å². The SMILES string of the molecule is Cc1ccc(CC(O)C2CN(C)CCN2C)cc1. The van der Waals surface area contributed by atoms with Gasteiger partial charge in [0.15, 0.2) is 0 Å². The Labute approximate surface area is 110 Å². The van der Waals surface area contributed by atoms with Crippen LogP contribution in [0.4, 0.5) is 0 Å². The number of hydrogen-bond acceptors (Lipinski definition) is 3. The van der Waals surface area contributed by atoms with Crippen LogP contribution in [0.3, 0.4) is 0 Å². The van der Waals surface area contributed by atoms with Crippen molar-refractivity contribution in [1.29, 1.82) is 0 Å². The van der Waals surface area contributed by atoms with Crippen molar-refractivity contribution < 1.29 is 5.11 Å². The molecule has 2 rings (SSSR count). The van der Waals surface area contributed by atoms with Crippen molar-refractivity contribution in [2.45, 2.75) is 25.5 Å². The lowest BCUT2D eigenvalue weighted by atomic mass is 9.99. The molecule has 0 aliphatic carbocycles. The molecular weight excluding hydrogens is 224 g/mol. The zero-order valence-electron chi connectivity index (χ0n) is 11.6. The second-order valence-electron chi connectivity index (χ2n) is 5.57. The highest BCUT2D eigenvalue weighted by Crippen LogP contribution is 2.14. The van der Waals surface area contributed by atoms with E-state index in [0.29, 0.717) is 0 Å². The number of likely N-dealkylation sites (N-methyl/N-ethyl adjacent to an activating group) is 2. The molecule has 0 spiro atoms. The first kappa shape index (κ1) is 13.5. The van der Waals surface area contributed by atoms with Gasteiger partial charge < -0.3 is 10.0 Å². The Kier molecular flexibility index (Phi) is 4.38. The molecule has 1 fully saturated rings. The number of piperazine rings is 1. The third kappa shape index (κ3) is 3.31. The second-order valence-corrected chi connectivity index (χ2v) is 5.57. The lowest BCUT2D eigenvalue weighted by molar-refractivity contribution is 0.0153. The van der Waals surface area contributed by atoms with E-state index in [0.717, 1.165) is 26.1 Å². The average Bonchev–Trinajstić information content (AvgIpc) is 2.35. The number of benzene rings is 1. The maximum atomic E-state index is 10.4. The van der Waals surface area contributed by atoms with Gasteiger partial charge in [0.2, 0.25) is 0 Å². The van der Waals surface area contributed by atoms with Crippen molar-refractivity contribution in [1.82, 2.24) is 9.80 Å². The van der Waals surface area contributed by atoms with E-state index in [1.807, 2.05) is 0 Å². The lowest BCUT2D eigenvalue weighted by Crippen LogP contribution is -2.55. The minimum absolute atomic E-state index is 0.241. The van der Waals surface area contributed by atoms with Gasteiger partial charge in [-0.15, -0.1) is 0 Å². The van der Waals surface area contributed by atoms with Crippen LogP contribution in [0.2, 0.25) is 0 Å². The van der Waals surface area contributed by atoms with Crippen LogP contribution in [0.15, 0.2) is 24.3 Å². The third-order valence-corrected chi connectivity index (χ3v) is 3.91. The minimum atomic E-state index is -0.291. The summed E-state index contributed by atoms with van der Waals surface area (Å²) in [4.78, 5) is 4.57. The maximum absolute atomic E-state index is 10.4. The van der Waals surface area contributed by atoms with Crippen LogP contribution in [0.25, 0.3) is 0 Å². The van der Waals surface area contributed by atoms with Gasteiger partial charge in [0.25, 0.3) is 0 Å². The smallest absolute Gasteiger partial charge is 0.0747 e. The van der Waals surface area contributed by atoms with Crippen LogP contribution < -0.4 is 0 Å². The fourth-order valence-corrected chi connectivity index (χ4v) is 2.56. The quantitative estimate of drug-likeness (QED) is 0.869. The lowest BCUT2D eigenvalue weighted by Gasteiger charge is -2.40. The van der Waals surface area contributed by atoms with Crippen molar-refractivity contribution >= 4 is 0 Å². The first-order valence-electron chi connectivity index (χ1n) is 6.68. The summed E-state index contributed by atoms with van der Waals surface area (Å²) in [7, 11) is 4.23. The topological polar surface area (TPSA) is 26.7 Å². The Morgan fingerprint density at radius 2 is 1.89 bits per heavy atom. The summed E-state index contributed by atoms with van der Waals surface area (Å²) in [6.07, 6.45) is 0.448. The molecule has 0 amide bonds. The molecule has 3 nitrogen and oxygen atoms in total. The summed E-state index contributed by atoms with van der Waals surface area (Å²) in [5.41, 5.74) is 2.48. The summed E-state index contributed by atoms with van der Waals surface area (Å²) in [5, 5.41) is 10.4. The van der Waals surface area contributed by atoms with Crippen molar-refractivity contribution in [2.75, 3.05) is 33.7 Å². The molecule has 0 aromatic heterocycles. The minimum Gasteiger partial charge on any atom is -0.391 e. The van der Waals surface area contributed by atoms with Gasteiger partial charge in [-0.1, -0.05) is 29.8 Å². The molecule has 2 atom stereocenters. The molecule has 0 saturated carbocycles. The number of aryl methyl sites for hydroxylation is 1. The van der Waals surface area contributed by atoms with E-state index in [9.17, 15) is 5.11 Å². The van der Waals surface area contributed by atoms with Gasteiger partial charge in [0, 0.05) is 25.7 Å². The molecule has 1 aliphatic rings. The summed E-state index contributed by atoms with van der Waals surface area (Å²) in [5.74, 6) is 0. The van der Waals surface area contributed by atoms with Crippen LogP contribution in [0.1, 0.15) is 11.1 Å². The van der Waals surface area contributed by atoms with Crippen molar-refractivity contribution in [2.24, 2.45) is 0 Å². The normalized spacial score (nSPS) is 24.1. The molecule has 1 aromatic rings. The largest absolute Gasteiger partial charge is 0.391 e. The molecule has 3 heteroatoms. The molecule has 1 aromatic carbocycles. The number of hydrogen-bond donors (Lipinski definition) is 1. The van der Waals surface area contributed by atoms with Crippen LogP contribution in [0, 0.1) is 6.92 Å². The average molecular weight is 248 g/mol. The Bertz CT molecular complexity index is 377. The molecule has 100 valence electrons. The number of rotatable bonds is 3. The predicted molar refractivity (Wildman–Crippen MR) is 74.8 cm³/mol. The van der Waals surface area contributed by atoms with Crippen LogP contribution >= 0.6 is 0 Å². The molecule has 1 heterocycles. The fraction of sp³-hybridized carbons (Fsp3) is 0.600. The van der Waals surface area contributed by atoms with Crippen LogP contribution in [-0.4, -0.2) is 60.8 Å². The highest BCUT2D eigenvalue weighted by Gasteiger charge is 2.28. The van der Waals surface area contributed by atoms with Crippen molar-refractivity contribution in [3.63, 3.8) is 0 Å². The summed E-state index contributed by atoms with van der Waals surface area (Å²) >= 11 is 0. The molecule has 2 unspecified atom stereocenters. The number of aliphatic hydroxyl groups excluding tert-OH is 1. The van der Waals surface area contributed by atoms with E-state index in [-0.39, 0.29) is 12.1 Å². The fourth-order valence-electron chi connectivity index (χ4n) is 2.56. The summed E-state index contributed by atoms with van der Waals surface area (Å²) in [6.45, 7) is 5.16. The monoisotopic (exact) mass is 248 g/mol. The molecule has 18 heavy (non-hydrogen) atoms. The van der Waals surface area contributed by atoms with Gasteiger partial charge in [0.1, 0.15) is 0 Å². The Balaban J connectivity index is 1.98.